The van der Waals surface area contributed by atoms with E-state index in [1.165, 1.54) is 31.5 Å². The van der Waals surface area contributed by atoms with Gasteiger partial charge in [0.1, 0.15) is 10.6 Å². The predicted molar refractivity (Wildman–Crippen MR) is 98.1 cm³/mol. The average Bonchev–Trinajstić information content (AvgIpc) is 2.61. The molecule has 0 aliphatic rings. The molecule has 0 heterocycles. The number of benzene rings is 2. The van der Waals surface area contributed by atoms with Crippen molar-refractivity contribution < 1.29 is 22.3 Å². The van der Waals surface area contributed by atoms with Crippen LogP contribution < -0.4 is 25.9 Å². The Labute approximate surface area is 151 Å². The number of nitrogens with two attached hydrogens (primary N) is 2. The predicted octanol–water partition coefficient (Wildman–Crippen LogP) is -0.454. The van der Waals surface area contributed by atoms with E-state index in [9.17, 15) is 13.2 Å². The van der Waals surface area contributed by atoms with Crippen molar-refractivity contribution in [3.63, 3.8) is 0 Å². The molecule has 6 N–H and O–H groups in total. The molecule has 0 saturated carbocycles. The fraction of sp³-hybridized carbons (Fsp3) is 0.0588. The summed E-state index contributed by atoms with van der Waals surface area (Å²) in [6.07, 6.45) is 2.83. The lowest BCUT2D eigenvalue weighted by Gasteiger charge is -2.03. The van der Waals surface area contributed by atoms with Gasteiger partial charge in [-0.25, -0.2) is 0 Å². The molecule has 0 aliphatic heterocycles. The molecule has 0 aliphatic carbocycles. The summed E-state index contributed by atoms with van der Waals surface area (Å²) < 4.78 is 30.8. The summed E-state index contributed by atoms with van der Waals surface area (Å²) in [5.74, 6) is -0.0158. The van der Waals surface area contributed by atoms with E-state index in [0.29, 0.717) is 17.0 Å². The SMILES string of the molecule is COc1cccc(C(=O)/C=C/Nc2ccc(S(=O)(=O)[NH+]=C(N)N)cc2)c1. The maximum absolute atomic E-state index is 12.1. The van der Waals surface area contributed by atoms with Gasteiger partial charge in [-0.3, -0.25) is 16.3 Å². The number of hydrogen-bond acceptors (Lipinski definition) is 5. The summed E-state index contributed by atoms with van der Waals surface area (Å²) in [5.41, 5.74) is 11.4. The van der Waals surface area contributed by atoms with E-state index in [2.05, 4.69) is 5.32 Å². The molecule has 0 fully saturated rings. The molecule has 0 bridgehead atoms. The van der Waals surface area contributed by atoms with Crippen LogP contribution in [-0.4, -0.2) is 27.3 Å². The summed E-state index contributed by atoms with van der Waals surface area (Å²) in [6.45, 7) is 0. The summed E-state index contributed by atoms with van der Waals surface area (Å²) in [7, 11) is -2.27. The van der Waals surface area contributed by atoms with Crippen molar-refractivity contribution in [3.8, 4) is 5.75 Å². The molecule has 0 spiro atoms. The van der Waals surface area contributed by atoms with Gasteiger partial charge in [-0.15, -0.1) is 0 Å². The van der Waals surface area contributed by atoms with Crippen molar-refractivity contribution in [2.75, 3.05) is 12.4 Å². The fourth-order valence-corrected chi connectivity index (χ4v) is 2.95. The molecule has 9 heteroatoms. The number of carbonyl (C=O) groups excluding carboxylic acids is 1. The summed E-state index contributed by atoms with van der Waals surface area (Å²) in [6, 6.07) is 12.6. The van der Waals surface area contributed by atoms with Gasteiger partial charge in [0.25, 0.3) is 0 Å². The van der Waals surface area contributed by atoms with Gasteiger partial charge >= 0.3 is 16.0 Å². The maximum Gasteiger partial charge on any atom is 0.353 e. The van der Waals surface area contributed by atoms with E-state index < -0.39 is 16.0 Å². The zero-order chi connectivity index (χ0) is 19.2. The molecule has 0 amide bonds. The number of nitrogens with one attached hydrogen (secondary N) is 2. The Morgan fingerprint density at radius 1 is 1.15 bits per heavy atom. The Bertz CT molecular complexity index is 947. The van der Waals surface area contributed by atoms with Crippen LogP contribution in [0.1, 0.15) is 10.4 Å². The lowest BCUT2D eigenvalue weighted by atomic mass is 10.1. The number of ketones is 1. The number of hydrogen-bond donors (Lipinski definition) is 4. The van der Waals surface area contributed by atoms with E-state index in [-0.39, 0.29) is 10.7 Å². The van der Waals surface area contributed by atoms with Crippen LogP contribution in [0.15, 0.2) is 65.7 Å². The van der Waals surface area contributed by atoms with E-state index in [0.717, 1.165) is 0 Å². The van der Waals surface area contributed by atoms with Crippen molar-refractivity contribution in [3.05, 3.63) is 66.4 Å². The van der Waals surface area contributed by atoms with Crippen molar-refractivity contribution >= 4 is 27.5 Å². The zero-order valence-corrected chi connectivity index (χ0v) is 14.8. The molecular weight excluding hydrogens is 356 g/mol. The third-order valence-electron chi connectivity index (χ3n) is 3.26. The van der Waals surface area contributed by atoms with Crippen molar-refractivity contribution in [2.45, 2.75) is 4.90 Å². The van der Waals surface area contributed by atoms with Crippen LogP contribution in [0.3, 0.4) is 0 Å². The lowest BCUT2D eigenvalue weighted by molar-refractivity contribution is -0.270. The molecule has 0 unspecified atom stereocenters. The molecule has 0 aromatic heterocycles. The first-order valence-electron chi connectivity index (χ1n) is 7.44. The standard InChI is InChI=1S/C17H18N4O4S/c1-25-14-4-2-3-12(11-14)16(22)9-10-20-13-5-7-15(8-6-13)26(23,24)21-17(18)19/h2-11,20H,1H3,(H4,18,19,21)/p+1/b10-9+. The minimum Gasteiger partial charge on any atom is -0.497 e. The first-order valence-corrected chi connectivity index (χ1v) is 8.92. The van der Waals surface area contributed by atoms with Crippen molar-refractivity contribution in [1.29, 1.82) is 0 Å². The Morgan fingerprint density at radius 3 is 2.46 bits per heavy atom. The van der Waals surface area contributed by atoms with Crippen LogP contribution in [0.25, 0.3) is 0 Å². The number of methoxy groups -OCH3 is 1. The Kier molecular flexibility index (Phi) is 5.97. The van der Waals surface area contributed by atoms with Gasteiger partial charge in [0.05, 0.1) is 7.11 Å². The molecule has 2 aromatic carbocycles. The second-order valence-corrected chi connectivity index (χ2v) is 6.84. The number of guanidine groups is 1. The lowest BCUT2D eigenvalue weighted by Crippen LogP contribution is -2.80. The van der Waals surface area contributed by atoms with Gasteiger partial charge in [0.2, 0.25) is 0 Å². The number of carbonyl (C=O) groups is 1. The minimum absolute atomic E-state index is 0.00730. The quantitative estimate of drug-likeness (QED) is 0.222. The molecule has 26 heavy (non-hydrogen) atoms. The topological polar surface area (TPSA) is 138 Å². The number of ether oxygens (including phenoxy) is 1. The number of sulfonamides is 1. The fourth-order valence-electron chi connectivity index (χ4n) is 2.03. The average molecular weight is 375 g/mol. The number of anilines is 1. The van der Waals surface area contributed by atoms with Crippen LogP contribution in [0.2, 0.25) is 0 Å². The largest absolute Gasteiger partial charge is 0.497 e. The van der Waals surface area contributed by atoms with Gasteiger partial charge in [-0.2, -0.15) is 12.8 Å². The first kappa shape index (κ1) is 19.0. The van der Waals surface area contributed by atoms with Crippen LogP contribution >= 0.6 is 0 Å². The van der Waals surface area contributed by atoms with E-state index in [1.807, 2.05) is 4.40 Å². The Morgan fingerprint density at radius 2 is 1.85 bits per heavy atom. The molecule has 136 valence electrons. The number of rotatable bonds is 7. The monoisotopic (exact) mass is 375 g/mol. The summed E-state index contributed by atoms with van der Waals surface area (Å²) in [5, 5.41) is 2.89. The van der Waals surface area contributed by atoms with Gasteiger partial charge in [-0.1, -0.05) is 12.1 Å². The molecule has 8 nitrogen and oxygen atoms in total. The Hall–Kier alpha value is -3.33. The van der Waals surface area contributed by atoms with E-state index in [1.54, 1.807) is 36.4 Å². The van der Waals surface area contributed by atoms with Gasteiger partial charge in [0, 0.05) is 23.5 Å². The molecule has 0 atom stereocenters. The van der Waals surface area contributed by atoms with Crippen LogP contribution in [0, 0.1) is 0 Å². The highest BCUT2D eigenvalue weighted by Crippen LogP contribution is 2.14. The smallest absolute Gasteiger partial charge is 0.353 e. The molecule has 0 radical (unpaired) electrons. The van der Waals surface area contributed by atoms with Crippen molar-refractivity contribution in [2.24, 2.45) is 11.5 Å². The zero-order valence-electron chi connectivity index (χ0n) is 14.0. The minimum atomic E-state index is -3.80. The molecule has 2 rings (SSSR count). The maximum atomic E-state index is 12.1. The second kappa shape index (κ2) is 8.17. The normalized spacial score (nSPS) is 11.1. The van der Waals surface area contributed by atoms with Gasteiger partial charge in [0.15, 0.2) is 5.78 Å². The summed E-state index contributed by atoms with van der Waals surface area (Å²) >= 11 is 0. The highest BCUT2D eigenvalue weighted by Gasteiger charge is 2.14. The van der Waals surface area contributed by atoms with Gasteiger partial charge < -0.3 is 10.1 Å². The molecule has 2 aromatic rings. The first-order chi connectivity index (χ1) is 12.3. The van der Waals surface area contributed by atoms with Crippen molar-refractivity contribution in [1.82, 2.24) is 0 Å². The van der Waals surface area contributed by atoms with Gasteiger partial charge in [-0.05, 0) is 36.4 Å². The van der Waals surface area contributed by atoms with E-state index in [4.69, 9.17) is 16.2 Å². The molecular formula is C17H19N4O4S+. The second-order valence-electron chi connectivity index (χ2n) is 5.16. The van der Waals surface area contributed by atoms with Crippen LogP contribution in [0.4, 0.5) is 5.69 Å². The third kappa shape index (κ3) is 5.08. The van der Waals surface area contributed by atoms with Crippen LogP contribution in [0.5, 0.6) is 5.75 Å². The third-order valence-corrected chi connectivity index (χ3v) is 4.65. The Balaban J connectivity index is 2.04. The molecule has 0 saturated heterocycles. The van der Waals surface area contributed by atoms with E-state index >= 15 is 0 Å². The van der Waals surface area contributed by atoms with Crippen LogP contribution in [-0.2, 0) is 10.0 Å². The highest BCUT2D eigenvalue weighted by atomic mass is 32.2. The summed E-state index contributed by atoms with van der Waals surface area (Å²) in [4.78, 5) is 12.1. The number of allylic oxidation sites excluding steroid dienone is 1. The highest BCUT2D eigenvalue weighted by molar-refractivity contribution is 7.84.